The van der Waals surface area contributed by atoms with E-state index in [9.17, 15) is 4.79 Å². The molecule has 0 rings (SSSR count). The van der Waals surface area contributed by atoms with Crippen LogP contribution in [0, 0.1) is 0 Å². The van der Waals surface area contributed by atoms with Gasteiger partial charge in [-0.05, 0) is 6.92 Å². The molecule has 0 atom stereocenters. The lowest BCUT2D eigenvalue weighted by Crippen LogP contribution is -2.23. The summed E-state index contributed by atoms with van der Waals surface area (Å²) in [7, 11) is 1.50. The fourth-order valence-corrected chi connectivity index (χ4v) is 0.488. The van der Waals surface area contributed by atoms with E-state index < -0.39 is 5.97 Å². The van der Waals surface area contributed by atoms with Gasteiger partial charge in [-0.2, -0.15) is 5.06 Å². The zero-order chi connectivity index (χ0) is 10.3. The third-order valence-corrected chi connectivity index (χ3v) is 1.35. The quantitative estimate of drug-likeness (QED) is 0.224. The maximum Gasteiger partial charge on any atom is 0.341 e. The van der Waals surface area contributed by atoms with Gasteiger partial charge in [-0.15, -0.1) is 10.7 Å². The van der Waals surface area contributed by atoms with Crippen molar-refractivity contribution >= 4 is 5.97 Å². The van der Waals surface area contributed by atoms with E-state index in [4.69, 9.17) is 9.99 Å². The van der Waals surface area contributed by atoms with Crippen LogP contribution < -0.4 is 0 Å². The van der Waals surface area contributed by atoms with Crippen LogP contribution in [-0.4, -0.2) is 36.5 Å². The predicted octanol–water partition coefficient (Wildman–Crippen LogP) is 0.597. The molecule has 0 saturated heterocycles. The van der Waals surface area contributed by atoms with Crippen molar-refractivity contribution in [1.82, 2.24) is 5.06 Å². The molecule has 74 valence electrons. The summed E-state index contributed by atoms with van der Waals surface area (Å²) >= 11 is 0. The van der Waals surface area contributed by atoms with Crippen LogP contribution in [-0.2, 0) is 14.5 Å². The molecule has 0 fully saturated rings. The van der Waals surface area contributed by atoms with E-state index in [2.05, 4.69) is 17.3 Å². The summed E-state index contributed by atoms with van der Waals surface area (Å²) in [5, 5.41) is 9.24. The minimum absolute atomic E-state index is 0.134. The average Bonchev–Trinajstić information content (AvgIpc) is 2.15. The predicted molar refractivity (Wildman–Crippen MR) is 45.6 cm³/mol. The van der Waals surface area contributed by atoms with E-state index in [1.165, 1.54) is 7.05 Å². The highest BCUT2D eigenvalue weighted by Crippen LogP contribution is 1.93. The molecule has 0 bridgehead atoms. The Bertz CT molecular complexity index is 220. The molecule has 0 aromatic heterocycles. The van der Waals surface area contributed by atoms with Gasteiger partial charge in [-0.25, -0.2) is 10.1 Å². The van der Waals surface area contributed by atoms with Gasteiger partial charge in [0.15, 0.2) is 0 Å². The fraction of sp³-hybridized carbons (Fsp3) is 0.500. The Morgan fingerprint density at radius 3 is 2.77 bits per heavy atom. The van der Waals surface area contributed by atoms with Gasteiger partial charge in [0.2, 0.25) is 0 Å². The molecule has 0 unspecified atom stereocenters. The van der Waals surface area contributed by atoms with Gasteiger partial charge >= 0.3 is 5.97 Å². The second kappa shape index (κ2) is 6.39. The summed E-state index contributed by atoms with van der Waals surface area (Å²) in [6.45, 7) is 5.28. The van der Waals surface area contributed by atoms with Crippen LogP contribution >= 0.6 is 0 Å². The maximum atomic E-state index is 11.0. The first-order valence-corrected chi connectivity index (χ1v) is 3.68. The molecule has 0 aliphatic heterocycles. The largest absolute Gasteiger partial charge is 0.460 e. The van der Waals surface area contributed by atoms with Crippen LogP contribution in [0.15, 0.2) is 17.9 Å². The summed E-state index contributed by atoms with van der Waals surface area (Å²) in [5.41, 5.74) is 2.74. The van der Waals surface area contributed by atoms with Gasteiger partial charge in [0, 0.05) is 7.05 Å². The molecular formula is C8H13NO4. The Kier molecular flexibility index (Phi) is 5.84. The van der Waals surface area contributed by atoms with Crippen molar-refractivity contribution < 1.29 is 19.8 Å². The lowest BCUT2D eigenvalue weighted by Gasteiger charge is -2.10. The number of likely N-dealkylation sites (N-methyl/N-ethyl adjacent to an activating group) is 1. The molecule has 0 amide bonds. The highest BCUT2D eigenvalue weighted by molar-refractivity contribution is 5.87. The summed E-state index contributed by atoms with van der Waals surface area (Å²) < 4.78 is 4.76. The van der Waals surface area contributed by atoms with E-state index in [1.54, 1.807) is 6.92 Å². The smallest absolute Gasteiger partial charge is 0.341 e. The third kappa shape index (κ3) is 5.16. The van der Waals surface area contributed by atoms with Gasteiger partial charge in [-0.3, -0.25) is 0 Å². The molecule has 0 radical (unpaired) electrons. The Morgan fingerprint density at radius 2 is 2.31 bits per heavy atom. The Hall–Kier alpha value is -1.13. The molecule has 1 N–H and O–H groups in total. The number of esters is 1. The second-order valence-corrected chi connectivity index (χ2v) is 2.37. The lowest BCUT2D eigenvalue weighted by atomic mass is 10.3. The topological polar surface area (TPSA) is 59.0 Å². The first-order chi connectivity index (χ1) is 6.11. The van der Waals surface area contributed by atoms with Crippen LogP contribution in [0.3, 0.4) is 0 Å². The van der Waals surface area contributed by atoms with Crippen molar-refractivity contribution in [2.24, 2.45) is 0 Å². The van der Waals surface area contributed by atoms with Gasteiger partial charge < -0.3 is 4.74 Å². The highest BCUT2D eigenvalue weighted by atomic mass is 17.2. The van der Waals surface area contributed by atoms with Gasteiger partial charge in [-0.1, -0.05) is 6.58 Å². The van der Waals surface area contributed by atoms with Crippen LogP contribution in [0.1, 0.15) is 6.92 Å². The molecule has 0 spiro atoms. The minimum atomic E-state index is -0.471. The summed E-state index contributed by atoms with van der Waals surface area (Å²) in [5.74, 6) is -0.471. The first-order valence-electron chi connectivity index (χ1n) is 3.68. The Balaban J connectivity index is 3.66. The zero-order valence-corrected chi connectivity index (χ0v) is 7.74. The minimum Gasteiger partial charge on any atom is -0.460 e. The highest BCUT2D eigenvalue weighted by Gasteiger charge is 2.05. The molecule has 5 nitrogen and oxygen atoms in total. The summed E-state index contributed by atoms with van der Waals surface area (Å²) in [6.07, 6.45) is 0. The number of hydroxylamine groups is 2. The lowest BCUT2D eigenvalue weighted by molar-refractivity contribution is -0.388. The van der Waals surface area contributed by atoms with Crippen LogP contribution in [0.25, 0.3) is 0 Å². The van der Waals surface area contributed by atoms with E-state index in [0.29, 0.717) is 5.57 Å². The van der Waals surface area contributed by atoms with Gasteiger partial charge in [0.05, 0.1) is 12.1 Å². The third-order valence-electron chi connectivity index (χ3n) is 1.35. The average molecular weight is 187 g/mol. The molecule has 0 aliphatic carbocycles. The van der Waals surface area contributed by atoms with Crippen molar-refractivity contribution in [3.63, 3.8) is 0 Å². The monoisotopic (exact) mass is 187 g/mol. The number of ether oxygens (including phenoxy) is 1. The van der Waals surface area contributed by atoms with Crippen molar-refractivity contribution in [3.05, 3.63) is 17.9 Å². The molecule has 0 aromatic carbocycles. The van der Waals surface area contributed by atoms with Gasteiger partial charge in [0.1, 0.15) is 6.61 Å². The van der Waals surface area contributed by atoms with Crippen molar-refractivity contribution in [2.45, 2.75) is 6.92 Å². The molecule has 5 heteroatoms. The molecular weight excluding hydrogens is 174 g/mol. The number of nitrogens with zero attached hydrogens (tertiary/aromatic N) is 1. The van der Waals surface area contributed by atoms with Crippen LogP contribution in [0.5, 0.6) is 0 Å². The Labute approximate surface area is 76.7 Å². The number of rotatable bonds is 5. The first kappa shape index (κ1) is 11.9. The summed E-state index contributed by atoms with van der Waals surface area (Å²) in [6, 6.07) is 0. The maximum absolute atomic E-state index is 11.0. The van der Waals surface area contributed by atoms with E-state index >= 15 is 0 Å². The second-order valence-electron chi connectivity index (χ2n) is 2.37. The SMILES string of the molecule is C=C=C(C)C(=O)OCCN(C)OO. The van der Waals surface area contributed by atoms with E-state index in [0.717, 1.165) is 5.06 Å². The molecule has 13 heavy (non-hydrogen) atoms. The molecule has 0 saturated carbocycles. The Morgan fingerprint density at radius 1 is 1.69 bits per heavy atom. The van der Waals surface area contributed by atoms with Crippen LogP contribution in [0.4, 0.5) is 0 Å². The fourth-order valence-electron chi connectivity index (χ4n) is 0.488. The van der Waals surface area contributed by atoms with Crippen LogP contribution in [0.2, 0.25) is 0 Å². The standard InChI is InChI=1S/C8H13NO4/c1-4-7(2)8(10)12-6-5-9(3)13-11/h11H,1,5-6H2,2-3H3. The van der Waals surface area contributed by atoms with E-state index in [1.807, 2.05) is 0 Å². The number of hydrogen-bond donors (Lipinski definition) is 1. The molecule has 0 heterocycles. The van der Waals surface area contributed by atoms with Crippen molar-refractivity contribution in [3.8, 4) is 0 Å². The van der Waals surface area contributed by atoms with Gasteiger partial charge in [0.25, 0.3) is 0 Å². The van der Waals surface area contributed by atoms with Crippen molar-refractivity contribution in [2.75, 3.05) is 20.2 Å². The van der Waals surface area contributed by atoms with E-state index in [-0.39, 0.29) is 13.2 Å². The normalized spacial score (nSPS) is 9.54. The summed E-state index contributed by atoms with van der Waals surface area (Å²) in [4.78, 5) is 14.8. The molecule has 0 aliphatic rings. The number of carbonyl (C=O) groups excluding carboxylic acids is 1. The van der Waals surface area contributed by atoms with Crippen molar-refractivity contribution in [1.29, 1.82) is 0 Å². The molecule has 0 aromatic rings. The number of hydrogen-bond acceptors (Lipinski definition) is 5. The zero-order valence-electron chi connectivity index (χ0n) is 7.74. The number of carbonyl (C=O) groups is 1.